The van der Waals surface area contributed by atoms with Crippen molar-refractivity contribution >= 4 is 27.5 Å². The first-order valence-electron chi connectivity index (χ1n) is 5.33. The Morgan fingerprint density at radius 1 is 1.61 bits per heavy atom. The highest BCUT2D eigenvalue weighted by Crippen LogP contribution is 2.19. The van der Waals surface area contributed by atoms with E-state index < -0.39 is 5.82 Å². The number of rotatable bonds is 5. The van der Waals surface area contributed by atoms with Crippen LogP contribution < -0.4 is 5.32 Å². The molecular weight excluding hydrogens is 301 g/mol. The minimum absolute atomic E-state index is 0.122. The third-order valence-electron chi connectivity index (χ3n) is 2.22. The van der Waals surface area contributed by atoms with E-state index in [1.54, 1.807) is 18.0 Å². The van der Waals surface area contributed by atoms with Gasteiger partial charge in [0, 0.05) is 17.4 Å². The summed E-state index contributed by atoms with van der Waals surface area (Å²) in [6.07, 6.45) is 0.358. The first-order valence-corrected chi connectivity index (χ1v) is 6.12. The lowest BCUT2D eigenvalue weighted by Crippen LogP contribution is -2.31. The standard InChI is InChI=1S/C12H13BrFN3O/c1-17(6-2-5-15)8-12(18)16-11-4-3-9(13)7-10(11)14/h3-4,7H,2,6,8H2,1H3,(H,16,18). The molecule has 0 aliphatic carbocycles. The van der Waals surface area contributed by atoms with Gasteiger partial charge in [0.15, 0.2) is 0 Å². The fraction of sp³-hybridized carbons (Fsp3) is 0.333. The maximum absolute atomic E-state index is 13.4. The molecule has 0 unspecified atom stereocenters. The number of carbonyl (C=O) groups excluding carboxylic acids is 1. The van der Waals surface area contributed by atoms with Gasteiger partial charge >= 0.3 is 0 Å². The van der Waals surface area contributed by atoms with E-state index in [0.717, 1.165) is 0 Å². The van der Waals surface area contributed by atoms with Gasteiger partial charge in [0.25, 0.3) is 0 Å². The van der Waals surface area contributed by atoms with Gasteiger partial charge in [-0.05, 0) is 25.2 Å². The van der Waals surface area contributed by atoms with Crippen molar-refractivity contribution < 1.29 is 9.18 Å². The Balaban J connectivity index is 2.52. The zero-order chi connectivity index (χ0) is 13.5. The molecule has 0 aliphatic heterocycles. The van der Waals surface area contributed by atoms with Crippen LogP contribution in [0.2, 0.25) is 0 Å². The highest BCUT2D eigenvalue weighted by Gasteiger charge is 2.09. The Bertz CT molecular complexity index is 473. The average Bonchev–Trinajstić information content (AvgIpc) is 2.30. The number of halogens is 2. The van der Waals surface area contributed by atoms with E-state index in [1.807, 2.05) is 6.07 Å². The second-order valence-electron chi connectivity index (χ2n) is 3.82. The van der Waals surface area contributed by atoms with Crippen LogP contribution in [-0.2, 0) is 4.79 Å². The van der Waals surface area contributed by atoms with Gasteiger partial charge in [-0.1, -0.05) is 15.9 Å². The van der Waals surface area contributed by atoms with Crippen molar-refractivity contribution in [1.29, 1.82) is 5.26 Å². The summed E-state index contributed by atoms with van der Waals surface area (Å²) in [5.74, 6) is -0.797. The molecule has 4 nitrogen and oxygen atoms in total. The van der Waals surface area contributed by atoms with Gasteiger partial charge in [0.1, 0.15) is 5.82 Å². The minimum atomic E-state index is -0.489. The summed E-state index contributed by atoms with van der Waals surface area (Å²) < 4.78 is 14.1. The molecule has 1 rings (SSSR count). The molecule has 96 valence electrons. The van der Waals surface area contributed by atoms with Crippen LogP contribution in [0.25, 0.3) is 0 Å². The van der Waals surface area contributed by atoms with Crippen molar-refractivity contribution in [3.8, 4) is 6.07 Å². The van der Waals surface area contributed by atoms with Gasteiger partial charge in [0.2, 0.25) is 5.91 Å². The summed E-state index contributed by atoms with van der Waals surface area (Å²) in [5, 5.41) is 10.9. The average molecular weight is 314 g/mol. The van der Waals surface area contributed by atoms with E-state index in [2.05, 4.69) is 21.2 Å². The zero-order valence-corrected chi connectivity index (χ0v) is 11.5. The topological polar surface area (TPSA) is 56.1 Å². The highest BCUT2D eigenvalue weighted by atomic mass is 79.9. The quantitative estimate of drug-likeness (QED) is 0.908. The SMILES string of the molecule is CN(CCC#N)CC(=O)Nc1ccc(Br)cc1F. The van der Waals surface area contributed by atoms with E-state index in [4.69, 9.17) is 5.26 Å². The lowest BCUT2D eigenvalue weighted by atomic mass is 10.3. The van der Waals surface area contributed by atoms with Gasteiger partial charge in [0.05, 0.1) is 18.3 Å². The lowest BCUT2D eigenvalue weighted by Gasteiger charge is -2.14. The molecule has 1 aromatic carbocycles. The summed E-state index contributed by atoms with van der Waals surface area (Å²) >= 11 is 3.14. The Morgan fingerprint density at radius 2 is 2.33 bits per heavy atom. The van der Waals surface area contributed by atoms with Crippen LogP contribution in [0, 0.1) is 17.1 Å². The highest BCUT2D eigenvalue weighted by molar-refractivity contribution is 9.10. The number of nitrogens with zero attached hydrogens (tertiary/aromatic N) is 2. The Morgan fingerprint density at radius 3 is 2.94 bits per heavy atom. The number of nitrogens with one attached hydrogen (secondary N) is 1. The Labute approximate surface area is 114 Å². The molecule has 0 spiro atoms. The molecule has 6 heteroatoms. The minimum Gasteiger partial charge on any atom is -0.322 e. The first-order chi connectivity index (χ1) is 8.52. The Kier molecular flexibility index (Phi) is 5.75. The molecule has 0 aliphatic rings. The fourth-order valence-electron chi connectivity index (χ4n) is 1.35. The molecule has 0 atom stereocenters. The molecule has 0 saturated carbocycles. The predicted octanol–water partition coefficient (Wildman–Crippen LogP) is 2.37. The summed E-state index contributed by atoms with van der Waals surface area (Å²) in [6.45, 7) is 0.629. The molecule has 18 heavy (non-hydrogen) atoms. The fourth-order valence-corrected chi connectivity index (χ4v) is 1.68. The van der Waals surface area contributed by atoms with Crippen molar-refractivity contribution in [3.05, 3.63) is 28.5 Å². The largest absolute Gasteiger partial charge is 0.322 e. The van der Waals surface area contributed by atoms with Crippen LogP contribution in [0.3, 0.4) is 0 Å². The molecule has 1 amide bonds. The molecule has 0 radical (unpaired) electrons. The maximum Gasteiger partial charge on any atom is 0.238 e. The normalized spacial score (nSPS) is 10.2. The molecule has 1 N–H and O–H groups in total. The van der Waals surface area contributed by atoms with Crippen molar-refractivity contribution in [2.24, 2.45) is 0 Å². The van der Waals surface area contributed by atoms with Gasteiger partial charge in [-0.2, -0.15) is 5.26 Å². The molecule has 0 fully saturated rings. The van der Waals surface area contributed by atoms with Crippen LogP contribution >= 0.6 is 15.9 Å². The third-order valence-corrected chi connectivity index (χ3v) is 2.72. The van der Waals surface area contributed by atoms with Crippen LogP contribution in [0.4, 0.5) is 10.1 Å². The maximum atomic E-state index is 13.4. The number of hydrogen-bond donors (Lipinski definition) is 1. The number of anilines is 1. The number of nitriles is 1. The molecule has 1 aromatic rings. The number of carbonyl (C=O) groups is 1. The van der Waals surface area contributed by atoms with Gasteiger partial charge in [-0.25, -0.2) is 4.39 Å². The number of benzene rings is 1. The summed E-state index contributed by atoms with van der Waals surface area (Å²) in [7, 11) is 1.73. The molecule has 0 aromatic heterocycles. The van der Waals surface area contributed by atoms with E-state index in [0.29, 0.717) is 17.4 Å². The summed E-state index contributed by atoms with van der Waals surface area (Å²) in [5.41, 5.74) is 0.150. The monoisotopic (exact) mass is 313 g/mol. The Hall–Kier alpha value is -1.45. The predicted molar refractivity (Wildman–Crippen MR) is 70.5 cm³/mol. The van der Waals surface area contributed by atoms with E-state index in [1.165, 1.54) is 12.1 Å². The second kappa shape index (κ2) is 7.09. The van der Waals surface area contributed by atoms with E-state index in [9.17, 15) is 9.18 Å². The number of hydrogen-bond acceptors (Lipinski definition) is 3. The van der Waals surface area contributed by atoms with Crippen molar-refractivity contribution in [2.45, 2.75) is 6.42 Å². The van der Waals surface area contributed by atoms with Crippen LogP contribution in [0.1, 0.15) is 6.42 Å². The van der Waals surface area contributed by atoms with Gasteiger partial charge in [-0.3, -0.25) is 9.69 Å². The van der Waals surface area contributed by atoms with E-state index in [-0.39, 0.29) is 18.1 Å². The van der Waals surface area contributed by atoms with Crippen LogP contribution in [0.15, 0.2) is 22.7 Å². The number of likely N-dealkylation sites (N-methyl/N-ethyl adjacent to an activating group) is 1. The number of amides is 1. The zero-order valence-electron chi connectivity index (χ0n) is 9.91. The van der Waals surface area contributed by atoms with Crippen LogP contribution in [0.5, 0.6) is 0 Å². The van der Waals surface area contributed by atoms with Crippen molar-refractivity contribution in [2.75, 3.05) is 25.5 Å². The van der Waals surface area contributed by atoms with Crippen LogP contribution in [-0.4, -0.2) is 30.9 Å². The van der Waals surface area contributed by atoms with Gasteiger partial charge < -0.3 is 5.32 Å². The van der Waals surface area contributed by atoms with Gasteiger partial charge in [-0.15, -0.1) is 0 Å². The molecular formula is C12H13BrFN3O. The lowest BCUT2D eigenvalue weighted by molar-refractivity contribution is -0.117. The second-order valence-corrected chi connectivity index (χ2v) is 4.73. The smallest absolute Gasteiger partial charge is 0.238 e. The molecule has 0 bridgehead atoms. The third kappa shape index (κ3) is 4.82. The van der Waals surface area contributed by atoms with Crippen molar-refractivity contribution in [3.63, 3.8) is 0 Å². The van der Waals surface area contributed by atoms with Crippen molar-refractivity contribution in [1.82, 2.24) is 4.90 Å². The summed E-state index contributed by atoms with van der Waals surface area (Å²) in [4.78, 5) is 13.3. The summed E-state index contributed by atoms with van der Waals surface area (Å²) in [6, 6.07) is 6.43. The first kappa shape index (κ1) is 14.6. The molecule has 0 saturated heterocycles. The van der Waals surface area contributed by atoms with E-state index >= 15 is 0 Å². The molecule has 0 heterocycles.